The van der Waals surface area contributed by atoms with Gasteiger partial charge in [-0.05, 0) is 31.5 Å². The summed E-state index contributed by atoms with van der Waals surface area (Å²) in [6.45, 7) is 3.52. The van der Waals surface area contributed by atoms with E-state index in [1.54, 1.807) is 32.0 Å². The van der Waals surface area contributed by atoms with Crippen molar-refractivity contribution in [2.45, 2.75) is 25.1 Å². The van der Waals surface area contributed by atoms with Gasteiger partial charge in [-0.2, -0.15) is 0 Å². The molecule has 0 aromatic heterocycles. The summed E-state index contributed by atoms with van der Waals surface area (Å²) in [5.41, 5.74) is 1.24. The lowest BCUT2D eigenvalue weighted by Crippen LogP contribution is -2.17. The summed E-state index contributed by atoms with van der Waals surface area (Å²) in [6.07, 6.45) is 0. The van der Waals surface area contributed by atoms with Gasteiger partial charge >= 0.3 is 5.97 Å². The van der Waals surface area contributed by atoms with Crippen molar-refractivity contribution >= 4 is 35.0 Å². The van der Waals surface area contributed by atoms with Crippen LogP contribution in [0.3, 0.4) is 0 Å². The smallest absolute Gasteiger partial charge is 0.338 e. The zero-order chi connectivity index (χ0) is 13.7. The second-order valence-corrected chi connectivity index (χ2v) is 4.64. The minimum absolute atomic E-state index is 0.225. The lowest BCUT2D eigenvalue weighted by Gasteiger charge is -2.10. The van der Waals surface area contributed by atoms with Crippen LogP contribution >= 0.6 is 23.2 Å². The van der Waals surface area contributed by atoms with Gasteiger partial charge in [-0.25, -0.2) is 4.79 Å². The molecule has 1 unspecified atom stereocenters. The van der Waals surface area contributed by atoms with Gasteiger partial charge in [0.2, 0.25) is 0 Å². The van der Waals surface area contributed by atoms with Crippen LogP contribution in [0.5, 0.6) is 0 Å². The molecule has 1 atom stereocenters. The van der Waals surface area contributed by atoms with Crippen molar-refractivity contribution in [3.05, 3.63) is 34.9 Å². The van der Waals surface area contributed by atoms with Crippen LogP contribution in [0.1, 0.15) is 40.1 Å². The van der Waals surface area contributed by atoms with Crippen molar-refractivity contribution in [3.63, 3.8) is 0 Å². The van der Waals surface area contributed by atoms with Crippen LogP contribution in [0, 0.1) is 0 Å². The molecule has 0 aliphatic rings. The fourth-order valence-electron chi connectivity index (χ4n) is 1.48. The fraction of sp³-hybridized carbons (Fsp3) is 0.385. The minimum atomic E-state index is -0.705. The molecule has 5 heteroatoms. The first-order valence-electron chi connectivity index (χ1n) is 5.55. The average Bonchev–Trinajstić information content (AvgIpc) is 2.37. The van der Waals surface area contributed by atoms with E-state index in [4.69, 9.17) is 27.9 Å². The maximum absolute atomic E-state index is 12.0. The van der Waals surface area contributed by atoms with E-state index in [0.717, 1.165) is 5.56 Å². The highest BCUT2D eigenvalue weighted by molar-refractivity contribution is 6.34. The second-order valence-electron chi connectivity index (χ2n) is 3.71. The number of ether oxygens (including phenoxy) is 1. The lowest BCUT2D eigenvalue weighted by molar-refractivity contribution is 0.0523. The highest BCUT2D eigenvalue weighted by Gasteiger charge is 2.21. The topological polar surface area (TPSA) is 43.4 Å². The van der Waals surface area contributed by atoms with Crippen molar-refractivity contribution in [1.82, 2.24) is 0 Å². The Labute approximate surface area is 116 Å². The Morgan fingerprint density at radius 3 is 2.50 bits per heavy atom. The van der Waals surface area contributed by atoms with E-state index in [-0.39, 0.29) is 29.4 Å². The van der Waals surface area contributed by atoms with E-state index in [2.05, 4.69) is 0 Å². The molecule has 0 saturated carbocycles. The lowest BCUT2D eigenvalue weighted by atomic mass is 9.99. The highest BCUT2D eigenvalue weighted by Crippen LogP contribution is 2.18. The number of rotatable bonds is 5. The van der Waals surface area contributed by atoms with Gasteiger partial charge in [-0.15, -0.1) is 23.2 Å². The van der Waals surface area contributed by atoms with E-state index < -0.39 is 11.3 Å². The third-order valence-corrected chi connectivity index (χ3v) is 2.87. The number of ketones is 1. The van der Waals surface area contributed by atoms with Crippen LogP contribution in [0.2, 0.25) is 0 Å². The van der Waals surface area contributed by atoms with Crippen LogP contribution in [-0.2, 0) is 10.6 Å². The Bertz CT molecular complexity index is 456. The number of Topliss-reactive ketones (excluding diaryl/α,β-unsaturated/α-hetero) is 1. The van der Waals surface area contributed by atoms with Gasteiger partial charge in [0.15, 0.2) is 5.78 Å². The number of hydrogen-bond acceptors (Lipinski definition) is 3. The summed E-state index contributed by atoms with van der Waals surface area (Å²) < 4.78 is 4.90. The van der Waals surface area contributed by atoms with Gasteiger partial charge in [0.25, 0.3) is 0 Å². The molecule has 0 bridgehead atoms. The Morgan fingerprint density at radius 1 is 1.33 bits per heavy atom. The Hall–Kier alpha value is -1.06. The molecule has 0 spiro atoms. The summed E-state index contributed by atoms with van der Waals surface area (Å²) >= 11 is 11.5. The monoisotopic (exact) mass is 288 g/mol. The van der Waals surface area contributed by atoms with E-state index >= 15 is 0 Å². The van der Waals surface area contributed by atoms with Crippen molar-refractivity contribution in [1.29, 1.82) is 0 Å². The first kappa shape index (κ1) is 15.0. The first-order chi connectivity index (χ1) is 8.51. The molecular weight excluding hydrogens is 275 g/mol. The molecule has 0 heterocycles. The molecule has 0 fully saturated rings. The Kier molecular flexibility index (Phi) is 5.63. The standard InChI is InChI=1S/C13H14Cl2O3/c1-3-18-13(17)10-5-4-9(7-14)6-11(10)12(16)8(2)15/h4-6,8H,3,7H2,1-2H3. The maximum Gasteiger partial charge on any atom is 0.338 e. The number of halogens is 2. The number of esters is 1. The van der Waals surface area contributed by atoms with E-state index in [0.29, 0.717) is 0 Å². The molecule has 0 radical (unpaired) electrons. The molecule has 0 N–H and O–H groups in total. The third kappa shape index (κ3) is 3.47. The molecule has 0 saturated heterocycles. The summed E-state index contributed by atoms with van der Waals surface area (Å²) in [6, 6.07) is 4.82. The average molecular weight is 289 g/mol. The van der Waals surface area contributed by atoms with Gasteiger partial charge in [-0.1, -0.05) is 6.07 Å². The van der Waals surface area contributed by atoms with Gasteiger partial charge in [-0.3, -0.25) is 4.79 Å². The number of carbonyl (C=O) groups excluding carboxylic acids is 2. The van der Waals surface area contributed by atoms with Gasteiger partial charge in [0.1, 0.15) is 0 Å². The molecule has 0 amide bonds. The van der Waals surface area contributed by atoms with E-state index in [1.807, 2.05) is 0 Å². The molecule has 3 nitrogen and oxygen atoms in total. The van der Waals surface area contributed by atoms with Crippen LogP contribution in [0.25, 0.3) is 0 Å². The van der Waals surface area contributed by atoms with Crippen LogP contribution in [0.15, 0.2) is 18.2 Å². The summed E-state index contributed by atoms with van der Waals surface area (Å²) in [7, 11) is 0. The van der Waals surface area contributed by atoms with Gasteiger partial charge in [0, 0.05) is 11.4 Å². The minimum Gasteiger partial charge on any atom is -0.462 e. The largest absolute Gasteiger partial charge is 0.462 e. The molecular formula is C13H14Cl2O3. The first-order valence-corrected chi connectivity index (χ1v) is 6.52. The molecule has 18 heavy (non-hydrogen) atoms. The van der Waals surface area contributed by atoms with Gasteiger partial charge in [0.05, 0.1) is 17.5 Å². The third-order valence-electron chi connectivity index (χ3n) is 2.36. The van der Waals surface area contributed by atoms with Crippen LogP contribution in [0.4, 0.5) is 0 Å². The molecule has 1 rings (SSSR count). The predicted octanol–water partition coefficient (Wildman–Crippen LogP) is 3.41. The number of carbonyl (C=O) groups is 2. The van der Waals surface area contributed by atoms with Crippen molar-refractivity contribution in [2.75, 3.05) is 6.61 Å². The normalized spacial score (nSPS) is 12.0. The molecule has 0 aliphatic heterocycles. The Morgan fingerprint density at radius 2 is 2.00 bits per heavy atom. The highest BCUT2D eigenvalue weighted by atomic mass is 35.5. The SMILES string of the molecule is CCOC(=O)c1ccc(CCl)cc1C(=O)C(C)Cl. The van der Waals surface area contributed by atoms with Crippen LogP contribution < -0.4 is 0 Å². The van der Waals surface area contributed by atoms with E-state index in [1.165, 1.54) is 0 Å². The van der Waals surface area contributed by atoms with Crippen molar-refractivity contribution in [2.24, 2.45) is 0 Å². The maximum atomic E-state index is 12.0. The van der Waals surface area contributed by atoms with Gasteiger partial charge < -0.3 is 4.74 Å². The number of hydrogen-bond donors (Lipinski definition) is 0. The Balaban J connectivity index is 3.24. The van der Waals surface area contributed by atoms with Crippen molar-refractivity contribution < 1.29 is 14.3 Å². The molecule has 1 aromatic rings. The summed E-state index contributed by atoms with van der Waals surface area (Å²) in [5, 5.41) is -0.705. The molecule has 1 aromatic carbocycles. The van der Waals surface area contributed by atoms with E-state index in [9.17, 15) is 9.59 Å². The molecule has 0 aliphatic carbocycles. The quantitative estimate of drug-likeness (QED) is 0.474. The second kappa shape index (κ2) is 6.76. The van der Waals surface area contributed by atoms with Crippen LogP contribution in [-0.4, -0.2) is 23.7 Å². The molecule has 98 valence electrons. The van der Waals surface area contributed by atoms with Crippen molar-refractivity contribution in [3.8, 4) is 0 Å². The summed E-state index contributed by atoms with van der Waals surface area (Å²) in [5.74, 6) is -0.578. The number of alkyl halides is 2. The number of benzene rings is 1. The predicted molar refractivity (Wildman–Crippen MR) is 71.6 cm³/mol. The zero-order valence-electron chi connectivity index (χ0n) is 10.2. The zero-order valence-corrected chi connectivity index (χ0v) is 11.7. The summed E-state index contributed by atoms with van der Waals surface area (Å²) in [4.78, 5) is 23.7. The fourth-order valence-corrected chi connectivity index (χ4v) is 1.76.